The van der Waals surface area contributed by atoms with Crippen LogP contribution in [-0.2, 0) is 20.9 Å². The molecule has 0 saturated carbocycles. The molecule has 5 heteroatoms. The van der Waals surface area contributed by atoms with Gasteiger partial charge < -0.3 is 14.2 Å². The molecule has 124 valence electrons. The lowest BCUT2D eigenvalue weighted by Crippen LogP contribution is -2.37. The van der Waals surface area contributed by atoms with Gasteiger partial charge in [0.25, 0.3) is 0 Å². The van der Waals surface area contributed by atoms with Crippen molar-refractivity contribution in [2.24, 2.45) is 0 Å². The lowest BCUT2D eigenvalue weighted by atomic mass is 10.2. The first kappa shape index (κ1) is 17.1. The van der Waals surface area contributed by atoms with E-state index in [1.165, 1.54) is 4.90 Å². The molecule has 0 bridgehead atoms. The van der Waals surface area contributed by atoms with Gasteiger partial charge in [0.2, 0.25) is 5.91 Å². The summed E-state index contributed by atoms with van der Waals surface area (Å²) in [5.74, 6) is -0.529. The smallest absolute Gasteiger partial charge is 0.326 e. The van der Waals surface area contributed by atoms with Gasteiger partial charge in [0, 0.05) is 24.1 Å². The minimum Gasteiger partial charge on any atom is -0.459 e. The van der Waals surface area contributed by atoms with Crippen LogP contribution in [0.15, 0.2) is 30.5 Å². The Morgan fingerprint density at radius 2 is 1.87 bits per heavy atom. The molecule has 1 aromatic carbocycles. The van der Waals surface area contributed by atoms with E-state index >= 15 is 0 Å². The van der Waals surface area contributed by atoms with E-state index in [0.29, 0.717) is 0 Å². The molecule has 0 fully saturated rings. The molecule has 23 heavy (non-hydrogen) atoms. The van der Waals surface area contributed by atoms with Crippen molar-refractivity contribution in [1.29, 1.82) is 0 Å². The van der Waals surface area contributed by atoms with Crippen molar-refractivity contribution in [3.63, 3.8) is 0 Å². The van der Waals surface area contributed by atoms with Gasteiger partial charge in [-0.05, 0) is 39.3 Å². The van der Waals surface area contributed by atoms with Crippen molar-refractivity contribution in [1.82, 2.24) is 9.47 Å². The summed E-state index contributed by atoms with van der Waals surface area (Å²) < 4.78 is 7.16. The Morgan fingerprint density at radius 3 is 2.52 bits per heavy atom. The number of hydrogen-bond acceptors (Lipinski definition) is 3. The van der Waals surface area contributed by atoms with Crippen LogP contribution in [0.4, 0.5) is 0 Å². The third-order valence-electron chi connectivity index (χ3n) is 3.51. The number of aryl methyl sites for hydroxylation is 1. The normalized spacial score (nSPS) is 11.5. The number of carbonyl (C=O) groups excluding carboxylic acids is 2. The number of ether oxygens (including phenoxy) is 1. The van der Waals surface area contributed by atoms with Crippen LogP contribution in [0, 0.1) is 6.92 Å². The van der Waals surface area contributed by atoms with E-state index in [4.69, 9.17) is 4.74 Å². The highest BCUT2D eigenvalue weighted by Gasteiger charge is 2.20. The highest BCUT2D eigenvalue weighted by Crippen LogP contribution is 2.20. The number of rotatable bonds is 4. The number of likely N-dealkylation sites (N-methyl/N-ethyl adjacent to an activating group) is 1. The maximum absolute atomic E-state index is 12.4. The van der Waals surface area contributed by atoms with E-state index in [1.54, 1.807) is 27.8 Å². The molecule has 0 aliphatic rings. The Kier molecular flexibility index (Phi) is 4.78. The average Bonchev–Trinajstić information content (AvgIpc) is 2.74. The molecule has 1 amide bonds. The van der Waals surface area contributed by atoms with Gasteiger partial charge in [0.1, 0.15) is 18.7 Å². The van der Waals surface area contributed by atoms with Crippen LogP contribution in [0.2, 0.25) is 0 Å². The van der Waals surface area contributed by atoms with Gasteiger partial charge in [-0.25, -0.2) is 0 Å². The number of aromatic nitrogens is 1. The predicted octanol–water partition coefficient (Wildman–Crippen LogP) is 2.75. The molecule has 2 aromatic rings. The minimum absolute atomic E-state index is 0.0473. The number of para-hydroxylation sites is 1. The molecule has 0 atom stereocenters. The zero-order valence-corrected chi connectivity index (χ0v) is 14.4. The number of nitrogens with zero attached hydrogens (tertiary/aromatic N) is 2. The molecule has 0 unspecified atom stereocenters. The van der Waals surface area contributed by atoms with Gasteiger partial charge in [-0.2, -0.15) is 0 Å². The van der Waals surface area contributed by atoms with Gasteiger partial charge in [0.05, 0.1) is 0 Å². The summed E-state index contributed by atoms with van der Waals surface area (Å²) >= 11 is 0. The van der Waals surface area contributed by atoms with E-state index in [-0.39, 0.29) is 19.0 Å². The van der Waals surface area contributed by atoms with Crippen LogP contribution < -0.4 is 0 Å². The van der Waals surface area contributed by atoms with Gasteiger partial charge in [-0.1, -0.05) is 18.2 Å². The molecular formula is C18H24N2O3. The second-order valence-electron chi connectivity index (χ2n) is 6.79. The van der Waals surface area contributed by atoms with Crippen molar-refractivity contribution in [2.45, 2.75) is 39.8 Å². The molecule has 1 heterocycles. The monoisotopic (exact) mass is 316 g/mol. The summed E-state index contributed by atoms with van der Waals surface area (Å²) in [4.78, 5) is 25.6. The number of benzene rings is 1. The SMILES string of the molecule is Cc1cn(CC(=O)N(C)CC(=O)OC(C)(C)C)c2ccccc12. The maximum atomic E-state index is 12.4. The molecule has 5 nitrogen and oxygen atoms in total. The van der Waals surface area contributed by atoms with E-state index in [9.17, 15) is 9.59 Å². The summed E-state index contributed by atoms with van der Waals surface area (Å²) in [5.41, 5.74) is 1.60. The van der Waals surface area contributed by atoms with Crippen molar-refractivity contribution in [3.8, 4) is 0 Å². The second kappa shape index (κ2) is 6.44. The summed E-state index contributed by atoms with van der Waals surface area (Å²) in [6, 6.07) is 7.96. The van der Waals surface area contributed by atoms with Crippen molar-refractivity contribution in [3.05, 3.63) is 36.0 Å². The van der Waals surface area contributed by atoms with Gasteiger partial charge >= 0.3 is 5.97 Å². The highest BCUT2D eigenvalue weighted by atomic mass is 16.6. The number of esters is 1. The number of fused-ring (bicyclic) bond motifs is 1. The molecule has 2 rings (SSSR count). The Labute approximate surface area is 136 Å². The Morgan fingerprint density at radius 1 is 1.22 bits per heavy atom. The van der Waals surface area contributed by atoms with E-state index < -0.39 is 11.6 Å². The Hall–Kier alpha value is -2.30. The first-order valence-electron chi connectivity index (χ1n) is 7.67. The minimum atomic E-state index is -0.547. The van der Waals surface area contributed by atoms with Gasteiger partial charge in [-0.15, -0.1) is 0 Å². The largest absolute Gasteiger partial charge is 0.459 e. The second-order valence-corrected chi connectivity index (χ2v) is 6.79. The molecule has 0 aliphatic heterocycles. The van der Waals surface area contributed by atoms with Crippen LogP contribution in [0.1, 0.15) is 26.3 Å². The van der Waals surface area contributed by atoms with Crippen molar-refractivity contribution >= 4 is 22.8 Å². The van der Waals surface area contributed by atoms with E-state index in [2.05, 4.69) is 0 Å². The maximum Gasteiger partial charge on any atom is 0.326 e. The third kappa shape index (κ3) is 4.34. The van der Waals surface area contributed by atoms with Crippen LogP contribution in [0.5, 0.6) is 0 Å². The lowest BCUT2D eigenvalue weighted by Gasteiger charge is -2.22. The lowest BCUT2D eigenvalue weighted by molar-refractivity contribution is -0.158. The molecule has 0 N–H and O–H groups in total. The molecule has 0 radical (unpaired) electrons. The number of hydrogen-bond donors (Lipinski definition) is 0. The molecule has 0 saturated heterocycles. The summed E-state index contributed by atoms with van der Waals surface area (Å²) in [5, 5.41) is 1.13. The molecule has 0 spiro atoms. The molecule has 0 aliphatic carbocycles. The van der Waals surface area contributed by atoms with Gasteiger partial charge in [0.15, 0.2) is 0 Å². The predicted molar refractivity (Wildman–Crippen MR) is 90.2 cm³/mol. The Balaban J connectivity index is 2.04. The standard InChI is InChI=1S/C18H24N2O3/c1-13-10-20(15-9-7-6-8-14(13)15)11-16(21)19(5)12-17(22)23-18(2,3)4/h6-10H,11-12H2,1-5H3. The fourth-order valence-corrected chi connectivity index (χ4v) is 2.48. The quantitative estimate of drug-likeness (QED) is 0.815. The first-order valence-corrected chi connectivity index (χ1v) is 7.67. The zero-order valence-electron chi connectivity index (χ0n) is 14.4. The van der Waals surface area contributed by atoms with Crippen LogP contribution in [0.25, 0.3) is 10.9 Å². The van der Waals surface area contributed by atoms with Crippen LogP contribution >= 0.6 is 0 Å². The summed E-state index contributed by atoms with van der Waals surface area (Å²) in [6.07, 6.45) is 1.96. The van der Waals surface area contributed by atoms with E-state index in [0.717, 1.165) is 16.5 Å². The summed E-state index contributed by atoms with van der Waals surface area (Å²) in [6.45, 7) is 7.60. The topological polar surface area (TPSA) is 51.5 Å². The third-order valence-corrected chi connectivity index (χ3v) is 3.51. The molecule has 1 aromatic heterocycles. The fraction of sp³-hybridized carbons (Fsp3) is 0.444. The highest BCUT2D eigenvalue weighted by molar-refractivity contribution is 5.87. The van der Waals surface area contributed by atoms with Crippen LogP contribution in [0.3, 0.4) is 0 Å². The summed E-state index contributed by atoms with van der Waals surface area (Å²) in [7, 11) is 1.62. The zero-order chi connectivity index (χ0) is 17.2. The molecular weight excluding hydrogens is 292 g/mol. The van der Waals surface area contributed by atoms with Crippen LogP contribution in [-0.4, -0.2) is 40.5 Å². The Bertz CT molecular complexity index is 725. The average molecular weight is 316 g/mol. The first-order chi connectivity index (χ1) is 10.7. The number of amides is 1. The van der Waals surface area contributed by atoms with Crippen molar-refractivity contribution < 1.29 is 14.3 Å². The number of carbonyl (C=O) groups is 2. The van der Waals surface area contributed by atoms with E-state index in [1.807, 2.05) is 42.0 Å². The van der Waals surface area contributed by atoms with Gasteiger partial charge in [-0.3, -0.25) is 9.59 Å². The van der Waals surface area contributed by atoms with Crippen molar-refractivity contribution in [2.75, 3.05) is 13.6 Å². The fourth-order valence-electron chi connectivity index (χ4n) is 2.48.